The molecule has 0 aromatic heterocycles. The molecule has 2 heterocycles. The normalized spacial score (nSPS) is 24.0. The Hall–Kier alpha value is -1.31. The summed E-state index contributed by atoms with van der Waals surface area (Å²) < 4.78 is 37.9. The zero-order valence-electron chi connectivity index (χ0n) is 12.3. The molecule has 6 nitrogen and oxygen atoms in total. The molecule has 1 aromatic rings. The third-order valence-corrected chi connectivity index (χ3v) is 5.93. The number of hydrogen-bond donors (Lipinski definition) is 0. The number of fused-ring (bicyclic) bond motifs is 1. The van der Waals surface area contributed by atoms with Crippen molar-refractivity contribution in [1.29, 1.82) is 0 Å². The van der Waals surface area contributed by atoms with Crippen LogP contribution in [0.25, 0.3) is 0 Å². The smallest absolute Gasteiger partial charge is 0.243 e. The minimum atomic E-state index is -3.48. The van der Waals surface area contributed by atoms with E-state index in [-0.39, 0.29) is 10.9 Å². The van der Waals surface area contributed by atoms with E-state index in [4.69, 9.17) is 9.47 Å². The quantitative estimate of drug-likeness (QED) is 0.808. The molecule has 1 unspecified atom stereocenters. The standard InChI is InChI=1S/C14H20N2O4S/c1-11-10-16(6-5-15(11)2)21(17,18)12-3-4-13-14(9-12)20-8-7-19-13/h3-4,9,11H,5-8,10H2,1-2H3. The van der Waals surface area contributed by atoms with Gasteiger partial charge in [0.15, 0.2) is 11.5 Å². The number of rotatable bonds is 2. The monoisotopic (exact) mass is 312 g/mol. The number of nitrogens with zero attached hydrogens (tertiary/aromatic N) is 2. The van der Waals surface area contributed by atoms with Crippen LogP contribution in [0.3, 0.4) is 0 Å². The molecule has 1 fully saturated rings. The predicted octanol–water partition coefficient (Wildman–Crippen LogP) is 0.782. The van der Waals surface area contributed by atoms with Gasteiger partial charge < -0.3 is 14.4 Å². The Labute approximate surface area is 125 Å². The van der Waals surface area contributed by atoms with E-state index in [1.165, 1.54) is 0 Å². The van der Waals surface area contributed by atoms with Gasteiger partial charge in [0.2, 0.25) is 10.0 Å². The molecule has 0 radical (unpaired) electrons. The molecule has 0 aliphatic carbocycles. The fourth-order valence-electron chi connectivity index (χ4n) is 2.57. The summed E-state index contributed by atoms with van der Waals surface area (Å²) in [5, 5.41) is 0. The van der Waals surface area contributed by atoms with Gasteiger partial charge in [-0.15, -0.1) is 0 Å². The second-order valence-electron chi connectivity index (χ2n) is 5.50. The van der Waals surface area contributed by atoms with Crippen molar-refractivity contribution in [2.24, 2.45) is 0 Å². The van der Waals surface area contributed by atoms with Gasteiger partial charge in [-0.1, -0.05) is 0 Å². The Morgan fingerprint density at radius 3 is 2.57 bits per heavy atom. The molecule has 0 N–H and O–H groups in total. The van der Waals surface area contributed by atoms with Crippen LogP contribution in [0.15, 0.2) is 23.1 Å². The zero-order chi connectivity index (χ0) is 15.0. The molecule has 0 amide bonds. The second kappa shape index (κ2) is 5.47. The van der Waals surface area contributed by atoms with Crippen molar-refractivity contribution in [3.05, 3.63) is 18.2 Å². The van der Waals surface area contributed by atoms with Crippen molar-refractivity contribution in [2.75, 3.05) is 39.9 Å². The highest BCUT2D eigenvalue weighted by Crippen LogP contribution is 2.33. The van der Waals surface area contributed by atoms with E-state index < -0.39 is 10.0 Å². The number of ether oxygens (including phenoxy) is 2. The first-order valence-electron chi connectivity index (χ1n) is 7.08. The highest BCUT2D eigenvalue weighted by atomic mass is 32.2. The fourth-order valence-corrected chi connectivity index (χ4v) is 4.09. The van der Waals surface area contributed by atoms with Crippen molar-refractivity contribution < 1.29 is 17.9 Å². The first-order valence-corrected chi connectivity index (χ1v) is 8.52. The van der Waals surface area contributed by atoms with Crippen molar-refractivity contribution >= 4 is 10.0 Å². The molecule has 0 saturated carbocycles. The Bertz CT molecular complexity index is 632. The maximum atomic E-state index is 12.7. The van der Waals surface area contributed by atoms with Crippen LogP contribution in [0.2, 0.25) is 0 Å². The third kappa shape index (κ3) is 2.73. The number of piperazine rings is 1. The van der Waals surface area contributed by atoms with E-state index in [0.29, 0.717) is 37.8 Å². The lowest BCUT2D eigenvalue weighted by molar-refractivity contribution is 0.159. The van der Waals surface area contributed by atoms with Crippen molar-refractivity contribution in [3.8, 4) is 11.5 Å². The Morgan fingerprint density at radius 1 is 1.14 bits per heavy atom. The molecule has 2 aliphatic rings. The minimum absolute atomic E-state index is 0.214. The van der Waals surface area contributed by atoms with Crippen LogP contribution in [0.1, 0.15) is 6.92 Å². The maximum absolute atomic E-state index is 12.7. The Morgan fingerprint density at radius 2 is 1.86 bits per heavy atom. The number of hydrogen-bond acceptors (Lipinski definition) is 5. The molecule has 7 heteroatoms. The van der Waals surface area contributed by atoms with E-state index >= 15 is 0 Å². The average molecular weight is 312 g/mol. The summed E-state index contributed by atoms with van der Waals surface area (Å²) >= 11 is 0. The van der Waals surface area contributed by atoms with Crippen molar-refractivity contribution in [2.45, 2.75) is 17.9 Å². The second-order valence-corrected chi connectivity index (χ2v) is 7.44. The van der Waals surface area contributed by atoms with Crippen LogP contribution < -0.4 is 9.47 Å². The minimum Gasteiger partial charge on any atom is -0.486 e. The zero-order valence-corrected chi connectivity index (χ0v) is 13.1. The highest BCUT2D eigenvalue weighted by Gasteiger charge is 2.31. The summed E-state index contributed by atoms with van der Waals surface area (Å²) in [6.45, 7) is 4.73. The van der Waals surface area contributed by atoms with Crippen LogP contribution in [-0.2, 0) is 10.0 Å². The number of benzene rings is 1. The fraction of sp³-hybridized carbons (Fsp3) is 0.571. The Kier molecular flexibility index (Phi) is 3.81. The van der Waals surface area contributed by atoms with Gasteiger partial charge in [0.05, 0.1) is 4.90 Å². The molecule has 1 atom stereocenters. The van der Waals surface area contributed by atoms with Crippen LogP contribution >= 0.6 is 0 Å². The molecular weight excluding hydrogens is 292 g/mol. The lowest BCUT2D eigenvalue weighted by Crippen LogP contribution is -2.51. The van der Waals surface area contributed by atoms with E-state index in [0.717, 1.165) is 6.54 Å². The molecule has 2 aliphatic heterocycles. The molecular formula is C14H20N2O4S. The van der Waals surface area contributed by atoms with Crippen molar-refractivity contribution in [1.82, 2.24) is 9.21 Å². The largest absolute Gasteiger partial charge is 0.486 e. The lowest BCUT2D eigenvalue weighted by atomic mass is 10.2. The van der Waals surface area contributed by atoms with Gasteiger partial charge in [-0.05, 0) is 26.1 Å². The van der Waals surface area contributed by atoms with E-state index in [1.54, 1.807) is 22.5 Å². The molecule has 1 aromatic carbocycles. The lowest BCUT2D eigenvalue weighted by Gasteiger charge is -2.36. The molecule has 0 bridgehead atoms. The molecule has 0 spiro atoms. The SMILES string of the molecule is CC1CN(S(=O)(=O)c2ccc3c(c2)OCCO3)CCN1C. The summed E-state index contributed by atoms with van der Waals surface area (Å²) in [5.41, 5.74) is 0. The van der Waals surface area contributed by atoms with Crippen LogP contribution in [0.5, 0.6) is 11.5 Å². The summed E-state index contributed by atoms with van der Waals surface area (Å²) in [7, 11) is -1.47. The number of likely N-dealkylation sites (N-methyl/N-ethyl adjacent to an activating group) is 1. The van der Waals surface area contributed by atoms with E-state index in [2.05, 4.69) is 4.90 Å². The van der Waals surface area contributed by atoms with Crippen LogP contribution in [-0.4, -0.2) is 63.6 Å². The first kappa shape index (κ1) is 14.6. The molecule has 116 valence electrons. The molecule has 1 saturated heterocycles. The van der Waals surface area contributed by atoms with Gasteiger partial charge in [0.1, 0.15) is 13.2 Å². The maximum Gasteiger partial charge on any atom is 0.243 e. The van der Waals surface area contributed by atoms with Crippen molar-refractivity contribution in [3.63, 3.8) is 0 Å². The summed E-state index contributed by atoms with van der Waals surface area (Å²) in [5.74, 6) is 1.11. The van der Waals surface area contributed by atoms with E-state index in [9.17, 15) is 8.42 Å². The average Bonchev–Trinajstić information content (AvgIpc) is 2.49. The molecule has 3 rings (SSSR count). The van der Waals surface area contributed by atoms with Gasteiger partial charge in [-0.3, -0.25) is 0 Å². The van der Waals surface area contributed by atoms with Gasteiger partial charge in [0.25, 0.3) is 0 Å². The van der Waals surface area contributed by atoms with Crippen LogP contribution in [0, 0.1) is 0 Å². The van der Waals surface area contributed by atoms with Gasteiger partial charge >= 0.3 is 0 Å². The molecule has 21 heavy (non-hydrogen) atoms. The predicted molar refractivity (Wildman–Crippen MR) is 78.3 cm³/mol. The third-order valence-electron chi connectivity index (χ3n) is 4.07. The van der Waals surface area contributed by atoms with Crippen LogP contribution in [0.4, 0.5) is 0 Å². The van der Waals surface area contributed by atoms with E-state index in [1.807, 2.05) is 14.0 Å². The summed E-state index contributed by atoms with van der Waals surface area (Å²) in [4.78, 5) is 2.43. The summed E-state index contributed by atoms with van der Waals surface area (Å²) in [6.07, 6.45) is 0. The number of sulfonamides is 1. The highest BCUT2D eigenvalue weighted by molar-refractivity contribution is 7.89. The van der Waals surface area contributed by atoms with Gasteiger partial charge in [0, 0.05) is 31.7 Å². The Balaban J connectivity index is 1.88. The van der Waals surface area contributed by atoms with Gasteiger partial charge in [-0.25, -0.2) is 8.42 Å². The topological polar surface area (TPSA) is 59.1 Å². The van der Waals surface area contributed by atoms with Gasteiger partial charge in [-0.2, -0.15) is 4.31 Å². The first-order chi connectivity index (χ1) is 9.98. The summed E-state index contributed by atoms with van der Waals surface area (Å²) in [6, 6.07) is 5.03.